The Morgan fingerprint density at radius 3 is 2.47 bits per heavy atom. The van der Waals surface area contributed by atoms with E-state index in [4.69, 9.17) is 10.2 Å². The van der Waals surface area contributed by atoms with Crippen molar-refractivity contribution < 1.29 is 4.42 Å². The Labute approximate surface area is 116 Å². The van der Waals surface area contributed by atoms with Crippen LogP contribution in [0.5, 0.6) is 0 Å². The van der Waals surface area contributed by atoms with Crippen molar-refractivity contribution in [1.29, 1.82) is 0 Å². The summed E-state index contributed by atoms with van der Waals surface area (Å²) in [5.74, 6) is 0.910. The lowest BCUT2D eigenvalue weighted by molar-refractivity contribution is 0.467. The van der Waals surface area contributed by atoms with E-state index in [1.807, 2.05) is 0 Å². The number of hydrogen-bond donors (Lipinski definition) is 1. The van der Waals surface area contributed by atoms with Gasteiger partial charge in [-0.05, 0) is 36.5 Å². The fourth-order valence-corrected chi connectivity index (χ4v) is 2.52. The van der Waals surface area contributed by atoms with Gasteiger partial charge in [0.15, 0.2) is 0 Å². The molecule has 2 heteroatoms. The summed E-state index contributed by atoms with van der Waals surface area (Å²) in [7, 11) is 0. The van der Waals surface area contributed by atoms with Gasteiger partial charge in [0.1, 0.15) is 11.3 Å². The van der Waals surface area contributed by atoms with Gasteiger partial charge in [-0.2, -0.15) is 0 Å². The molecule has 1 aromatic heterocycles. The minimum Gasteiger partial charge on any atom is -0.459 e. The smallest absolute Gasteiger partial charge is 0.138 e. The minimum atomic E-state index is 0.00512. The molecule has 104 valence electrons. The topological polar surface area (TPSA) is 39.2 Å². The molecule has 2 aromatic rings. The van der Waals surface area contributed by atoms with E-state index in [9.17, 15) is 0 Å². The molecule has 0 amide bonds. The first kappa shape index (κ1) is 14.1. The molecule has 0 bridgehead atoms. The SMILES string of the molecule is CCCC(N)c1cc2cc(C)cc(C(C)(C)C)c2o1. The van der Waals surface area contributed by atoms with Gasteiger partial charge in [-0.15, -0.1) is 0 Å². The molecule has 0 aliphatic rings. The van der Waals surface area contributed by atoms with E-state index in [0.29, 0.717) is 0 Å². The first-order chi connectivity index (χ1) is 8.82. The second kappa shape index (κ2) is 5.01. The summed E-state index contributed by atoms with van der Waals surface area (Å²) in [5.41, 5.74) is 9.78. The standard InChI is InChI=1S/C17H25NO/c1-6-7-14(18)15-10-12-8-11(2)9-13(16(12)19-15)17(3,4)5/h8-10,14H,6-7,18H2,1-5H3. The summed E-state index contributed by atoms with van der Waals surface area (Å²) in [5, 5.41) is 1.17. The average molecular weight is 259 g/mol. The fourth-order valence-electron chi connectivity index (χ4n) is 2.52. The van der Waals surface area contributed by atoms with E-state index in [1.165, 1.54) is 16.5 Å². The van der Waals surface area contributed by atoms with Crippen LogP contribution in [0.3, 0.4) is 0 Å². The Bertz CT molecular complexity index is 575. The second-order valence-electron chi connectivity index (χ2n) is 6.52. The number of rotatable bonds is 3. The Morgan fingerprint density at radius 1 is 1.21 bits per heavy atom. The van der Waals surface area contributed by atoms with Gasteiger partial charge in [-0.1, -0.05) is 40.2 Å². The second-order valence-corrected chi connectivity index (χ2v) is 6.52. The Balaban J connectivity index is 2.58. The van der Waals surface area contributed by atoms with E-state index in [-0.39, 0.29) is 11.5 Å². The molecule has 19 heavy (non-hydrogen) atoms. The van der Waals surface area contributed by atoms with Gasteiger partial charge in [-0.25, -0.2) is 0 Å². The Kier molecular flexibility index (Phi) is 3.73. The summed E-state index contributed by atoms with van der Waals surface area (Å²) >= 11 is 0. The zero-order valence-corrected chi connectivity index (χ0v) is 12.7. The number of benzene rings is 1. The molecule has 1 aromatic carbocycles. The molecule has 0 saturated carbocycles. The molecule has 2 nitrogen and oxygen atoms in total. The van der Waals surface area contributed by atoms with Crippen molar-refractivity contribution in [1.82, 2.24) is 0 Å². The lowest BCUT2D eigenvalue weighted by Gasteiger charge is -2.19. The largest absolute Gasteiger partial charge is 0.459 e. The fraction of sp³-hybridized carbons (Fsp3) is 0.529. The summed E-state index contributed by atoms with van der Waals surface area (Å²) in [6.07, 6.45) is 2.03. The van der Waals surface area contributed by atoms with Gasteiger partial charge in [0.2, 0.25) is 0 Å². The summed E-state index contributed by atoms with van der Waals surface area (Å²) < 4.78 is 6.07. The van der Waals surface area contributed by atoms with Crippen molar-refractivity contribution in [3.8, 4) is 0 Å². The molecule has 1 heterocycles. The Morgan fingerprint density at radius 2 is 1.89 bits per heavy atom. The summed E-state index contributed by atoms with van der Waals surface area (Å²) in [6.45, 7) is 10.9. The van der Waals surface area contributed by atoms with Gasteiger partial charge in [0, 0.05) is 10.9 Å². The average Bonchev–Trinajstić information content (AvgIpc) is 2.70. The van der Waals surface area contributed by atoms with E-state index < -0.39 is 0 Å². The lowest BCUT2D eigenvalue weighted by Crippen LogP contribution is -2.11. The third kappa shape index (κ3) is 2.84. The molecular weight excluding hydrogens is 234 g/mol. The van der Waals surface area contributed by atoms with Crippen molar-refractivity contribution >= 4 is 11.0 Å². The molecule has 2 N–H and O–H groups in total. The predicted octanol–water partition coefficient (Wildman–Crippen LogP) is 4.84. The van der Waals surface area contributed by atoms with Crippen LogP contribution < -0.4 is 5.73 Å². The van der Waals surface area contributed by atoms with Crippen LogP contribution in [0.4, 0.5) is 0 Å². The van der Waals surface area contributed by atoms with E-state index in [1.54, 1.807) is 0 Å². The molecule has 0 aliphatic heterocycles. The number of furan rings is 1. The van der Waals surface area contributed by atoms with Crippen molar-refractivity contribution in [3.63, 3.8) is 0 Å². The number of fused-ring (bicyclic) bond motifs is 1. The summed E-state index contributed by atoms with van der Waals surface area (Å²) in [4.78, 5) is 0. The van der Waals surface area contributed by atoms with Crippen LogP contribution >= 0.6 is 0 Å². The molecule has 0 radical (unpaired) electrons. The molecule has 1 unspecified atom stereocenters. The normalized spacial score (nSPS) is 14.0. The van der Waals surface area contributed by atoms with Crippen molar-refractivity contribution in [2.24, 2.45) is 5.73 Å². The molecule has 0 saturated heterocycles. The monoisotopic (exact) mass is 259 g/mol. The molecule has 1 atom stereocenters. The van der Waals surface area contributed by atoms with Gasteiger partial charge >= 0.3 is 0 Å². The number of hydrogen-bond acceptors (Lipinski definition) is 2. The van der Waals surface area contributed by atoms with Gasteiger partial charge in [-0.3, -0.25) is 0 Å². The maximum absolute atomic E-state index is 6.17. The highest BCUT2D eigenvalue weighted by molar-refractivity contribution is 5.83. The van der Waals surface area contributed by atoms with Crippen LogP contribution in [0.1, 0.15) is 63.5 Å². The van der Waals surface area contributed by atoms with Gasteiger partial charge in [0.05, 0.1) is 6.04 Å². The van der Waals surface area contributed by atoms with Crippen molar-refractivity contribution in [2.75, 3.05) is 0 Å². The van der Waals surface area contributed by atoms with Gasteiger partial charge in [0.25, 0.3) is 0 Å². The molecule has 2 rings (SSSR count). The van der Waals surface area contributed by atoms with Crippen LogP contribution in [0.2, 0.25) is 0 Å². The van der Waals surface area contributed by atoms with Crippen molar-refractivity contribution in [2.45, 2.75) is 58.9 Å². The number of aryl methyl sites for hydroxylation is 1. The Hall–Kier alpha value is -1.28. The van der Waals surface area contributed by atoms with Crippen LogP contribution in [0.15, 0.2) is 22.6 Å². The van der Waals surface area contributed by atoms with Gasteiger partial charge < -0.3 is 10.2 Å². The zero-order valence-electron chi connectivity index (χ0n) is 12.7. The highest BCUT2D eigenvalue weighted by Gasteiger charge is 2.21. The maximum atomic E-state index is 6.17. The van der Waals surface area contributed by atoms with Crippen molar-refractivity contribution in [3.05, 3.63) is 35.1 Å². The first-order valence-corrected chi connectivity index (χ1v) is 7.13. The van der Waals surface area contributed by atoms with Crippen LogP contribution in [-0.4, -0.2) is 0 Å². The predicted molar refractivity (Wildman–Crippen MR) is 81.5 cm³/mol. The third-order valence-electron chi connectivity index (χ3n) is 3.55. The lowest BCUT2D eigenvalue weighted by atomic mass is 9.85. The van der Waals surface area contributed by atoms with E-state index in [0.717, 1.165) is 24.2 Å². The zero-order chi connectivity index (χ0) is 14.2. The highest BCUT2D eigenvalue weighted by atomic mass is 16.3. The molecule has 0 fully saturated rings. The molecule has 0 spiro atoms. The van der Waals surface area contributed by atoms with Crippen LogP contribution in [-0.2, 0) is 5.41 Å². The molecule has 0 aliphatic carbocycles. The quantitative estimate of drug-likeness (QED) is 0.856. The van der Waals surface area contributed by atoms with E-state index >= 15 is 0 Å². The number of nitrogens with two attached hydrogens (primary N) is 1. The summed E-state index contributed by atoms with van der Waals surface area (Å²) in [6, 6.07) is 6.51. The maximum Gasteiger partial charge on any atom is 0.138 e. The third-order valence-corrected chi connectivity index (χ3v) is 3.55. The molecular formula is C17H25NO. The highest BCUT2D eigenvalue weighted by Crippen LogP contribution is 2.34. The first-order valence-electron chi connectivity index (χ1n) is 7.13. The van der Waals surface area contributed by atoms with Crippen LogP contribution in [0, 0.1) is 6.92 Å². The van der Waals surface area contributed by atoms with E-state index in [2.05, 4.69) is 52.8 Å². The minimum absolute atomic E-state index is 0.00512. The van der Waals surface area contributed by atoms with Crippen LogP contribution in [0.25, 0.3) is 11.0 Å².